The van der Waals surface area contributed by atoms with Gasteiger partial charge in [0.05, 0.1) is 11.1 Å². The highest BCUT2D eigenvalue weighted by atomic mass is 32.1. The molecule has 1 saturated heterocycles. The van der Waals surface area contributed by atoms with Crippen LogP contribution in [0.15, 0.2) is 0 Å². The third-order valence-corrected chi connectivity index (χ3v) is 5.12. The van der Waals surface area contributed by atoms with Gasteiger partial charge in [0.2, 0.25) is 0 Å². The first kappa shape index (κ1) is 15.9. The van der Waals surface area contributed by atoms with Gasteiger partial charge in [0.15, 0.2) is 0 Å². The minimum Gasteiger partial charge on any atom is -0.481 e. The quantitative estimate of drug-likeness (QED) is 0.920. The molecule has 0 bridgehead atoms. The monoisotopic (exact) mass is 311 g/mol. The number of likely N-dealkylation sites (tertiary alicyclic amines) is 1. The van der Waals surface area contributed by atoms with Gasteiger partial charge in [-0.25, -0.2) is 0 Å². The molecule has 0 spiro atoms. The molecular weight excluding hydrogens is 290 g/mol. The van der Waals surface area contributed by atoms with Crippen LogP contribution in [0.2, 0.25) is 0 Å². The number of carboxylic acids is 1. The van der Waals surface area contributed by atoms with Crippen LogP contribution >= 0.6 is 11.5 Å². The lowest BCUT2D eigenvalue weighted by molar-refractivity contribution is -0.151. The lowest BCUT2D eigenvalue weighted by Gasteiger charge is -2.39. The van der Waals surface area contributed by atoms with Gasteiger partial charge in [0.1, 0.15) is 4.88 Å². The van der Waals surface area contributed by atoms with Crippen molar-refractivity contribution in [3.8, 4) is 0 Å². The van der Waals surface area contributed by atoms with Crippen molar-refractivity contribution in [3.63, 3.8) is 0 Å². The van der Waals surface area contributed by atoms with E-state index in [4.69, 9.17) is 0 Å². The Morgan fingerprint density at radius 1 is 1.48 bits per heavy atom. The zero-order valence-electron chi connectivity index (χ0n) is 12.6. The number of hydrogen-bond acceptors (Lipinski definition) is 5. The maximum absolute atomic E-state index is 12.6. The highest BCUT2D eigenvalue weighted by molar-refractivity contribution is 7.08. The normalized spacial score (nSPS) is 19.6. The highest BCUT2D eigenvalue weighted by Crippen LogP contribution is 2.34. The number of rotatable bonds is 4. The summed E-state index contributed by atoms with van der Waals surface area (Å²) in [5, 5.41) is 13.3. The molecule has 1 atom stereocenters. The molecular formula is C14H21N3O3S. The first-order valence-electron chi connectivity index (χ1n) is 7.21. The largest absolute Gasteiger partial charge is 0.481 e. The summed E-state index contributed by atoms with van der Waals surface area (Å²) in [5.74, 6) is -0.901. The molecule has 2 heterocycles. The van der Waals surface area contributed by atoms with E-state index in [1.54, 1.807) is 18.7 Å². The maximum Gasteiger partial charge on any atom is 0.309 e. The second-order valence-electron chi connectivity index (χ2n) is 6.02. The van der Waals surface area contributed by atoms with Gasteiger partial charge < -0.3 is 10.0 Å². The van der Waals surface area contributed by atoms with Crippen molar-refractivity contribution in [2.45, 2.75) is 40.0 Å². The molecule has 1 aliphatic heterocycles. The number of aromatic nitrogens is 2. The first-order chi connectivity index (χ1) is 9.87. The van der Waals surface area contributed by atoms with E-state index in [-0.39, 0.29) is 11.8 Å². The van der Waals surface area contributed by atoms with Gasteiger partial charge in [0.25, 0.3) is 5.91 Å². The predicted molar refractivity (Wildman–Crippen MR) is 79.3 cm³/mol. The van der Waals surface area contributed by atoms with Crippen molar-refractivity contribution < 1.29 is 14.7 Å². The second kappa shape index (κ2) is 6.09. The van der Waals surface area contributed by atoms with E-state index >= 15 is 0 Å². The van der Waals surface area contributed by atoms with E-state index in [2.05, 4.69) is 9.59 Å². The molecule has 6 nitrogen and oxygen atoms in total. The molecule has 2 rings (SSSR count). The van der Waals surface area contributed by atoms with Crippen LogP contribution in [-0.4, -0.2) is 44.6 Å². The van der Waals surface area contributed by atoms with Crippen LogP contribution in [0, 0.1) is 11.3 Å². The third kappa shape index (κ3) is 3.07. The number of carbonyl (C=O) groups excluding carboxylic acids is 1. The lowest BCUT2D eigenvalue weighted by Crippen LogP contribution is -2.46. The lowest BCUT2D eigenvalue weighted by atomic mass is 9.74. The van der Waals surface area contributed by atoms with E-state index in [9.17, 15) is 14.7 Å². The topological polar surface area (TPSA) is 83.4 Å². The summed E-state index contributed by atoms with van der Waals surface area (Å²) in [7, 11) is 0. The van der Waals surface area contributed by atoms with Crippen molar-refractivity contribution in [3.05, 3.63) is 10.6 Å². The summed E-state index contributed by atoms with van der Waals surface area (Å²) in [6.07, 6.45) is 2.35. The van der Waals surface area contributed by atoms with Crippen LogP contribution in [0.25, 0.3) is 0 Å². The smallest absolute Gasteiger partial charge is 0.309 e. The number of amides is 1. The Morgan fingerprint density at radius 2 is 2.19 bits per heavy atom. The molecule has 7 heteroatoms. The average Bonchev–Trinajstić information content (AvgIpc) is 2.94. The number of aryl methyl sites for hydroxylation is 1. The molecule has 0 radical (unpaired) electrons. The number of hydrogen-bond donors (Lipinski definition) is 1. The van der Waals surface area contributed by atoms with E-state index in [1.807, 2.05) is 6.92 Å². The predicted octanol–water partition coefficient (Wildman–Crippen LogP) is 2.06. The number of nitrogens with zero attached hydrogens (tertiary/aromatic N) is 3. The summed E-state index contributed by atoms with van der Waals surface area (Å²) < 4.78 is 3.85. The van der Waals surface area contributed by atoms with Crippen LogP contribution in [0.5, 0.6) is 0 Å². The summed E-state index contributed by atoms with van der Waals surface area (Å²) in [6.45, 7) is 6.57. The average molecular weight is 311 g/mol. The van der Waals surface area contributed by atoms with Crippen molar-refractivity contribution in [1.29, 1.82) is 0 Å². The molecule has 1 unspecified atom stereocenters. The molecule has 116 valence electrons. The summed E-state index contributed by atoms with van der Waals surface area (Å²) in [5.41, 5.74) is -0.0944. The Balaban J connectivity index is 2.15. The summed E-state index contributed by atoms with van der Waals surface area (Å²) in [4.78, 5) is 26.3. The molecule has 0 aromatic carbocycles. The maximum atomic E-state index is 12.6. The van der Waals surface area contributed by atoms with Crippen LogP contribution in [-0.2, 0) is 11.2 Å². The summed E-state index contributed by atoms with van der Waals surface area (Å²) >= 11 is 1.12. The molecule has 1 aromatic heterocycles. The highest BCUT2D eigenvalue weighted by Gasteiger charge is 2.40. The molecule has 1 aliphatic rings. The Kier molecular flexibility index (Phi) is 4.61. The Hall–Kier alpha value is -1.50. The standard InChI is InChI=1S/C14H21N3O3S/c1-4-10-11(21-16-15-10)12(18)17-7-5-6-9(8-17)14(2,3)13(19)20/h9H,4-8H2,1-3H3,(H,19,20). The van der Waals surface area contributed by atoms with E-state index in [1.165, 1.54) is 0 Å². The van der Waals surface area contributed by atoms with Crippen molar-refractivity contribution >= 4 is 23.4 Å². The Morgan fingerprint density at radius 3 is 2.81 bits per heavy atom. The number of carbonyl (C=O) groups is 2. The second-order valence-corrected chi connectivity index (χ2v) is 6.77. The van der Waals surface area contributed by atoms with Crippen molar-refractivity contribution in [1.82, 2.24) is 14.5 Å². The summed E-state index contributed by atoms with van der Waals surface area (Å²) in [6, 6.07) is 0. The van der Waals surface area contributed by atoms with Crippen molar-refractivity contribution in [2.24, 2.45) is 11.3 Å². The minimum atomic E-state index is -0.821. The molecule has 21 heavy (non-hydrogen) atoms. The van der Waals surface area contributed by atoms with Gasteiger partial charge in [-0.05, 0) is 50.6 Å². The number of carboxylic acid groups (broad SMARTS) is 1. The fourth-order valence-corrected chi connectivity index (χ4v) is 3.39. The van der Waals surface area contributed by atoms with Gasteiger partial charge in [-0.3, -0.25) is 9.59 Å². The van der Waals surface area contributed by atoms with Gasteiger partial charge in [-0.15, -0.1) is 5.10 Å². The molecule has 1 amide bonds. The fourth-order valence-electron chi connectivity index (χ4n) is 2.67. The molecule has 1 aromatic rings. The zero-order valence-corrected chi connectivity index (χ0v) is 13.4. The van der Waals surface area contributed by atoms with E-state index < -0.39 is 11.4 Å². The van der Waals surface area contributed by atoms with E-state index in [0.29, 0.717) is 24.4 Å². The minimum absolute atomic E-state index is 0.0290. The SMILES string of the molecule is CCc1nnsc1C(=O)N1CCCC(C(C)(C)C(=O)O)C1. The number of aliphatic carboxylic acids is 1. The van der Waals surface area contributed by atoms with Gasteiger partial charge in [-0.1, -0.05) is 11.4 Å². The van der Waals surface area contributed by atoms with Crippen LogP contribution in [0.3, 0.4) is 0 Å². The zero-order chi connectivity index (χ0) is 15.6. The fraction of sp³-hybridized carbons (Fsp3) is 0.714. The molecule has 1 fully saturated rings. The first-order valence-corrected chi connectivity index (χ1v) is 7.99. The third-order valence-electron chi connectivity index (χ3n) is 4.37. The van der Waals surface area contributed by atoms with Crippen molar-refractivity contribution in [2.75, 3.05) is 13.1 Å². The molecule has 1 N–H and O–H groups in total. The van der Waals surface area contributed by atoms with Gasteiger partial charge in [-0.2, -0.15) is 0 Å². The Bertz CT molecular complexity index is 541. The van der Waals surface area contributed by atoms with Crippen LogP contribution < -0.4 is 0 Å². The molecule has 0 saturated carbocycles. The van der Waals surface area contributed by atoms with Crippen LogP contribution in [0.4, 0.5) is 0 Å². The molecule has 0 aliphatic carbocycles. The number of piperidine rings is 1. The Labute approximate surface area is 128 Å². The van der Waals surface area contributed by atoms with Gasteiger partial charge in [0, 0.05) is 13.1 Å². The van der Waals surface area contributed by atoms with Crippen LogP contribution in [0.1, 0.15) is 49.0 Å². The van der Waals surface area contributed by atoms with Gasteiger partial charge >= 0.3 is 5.97 Å². The van der Waals surface area contributed by atoms with E-state index in [0.717, 1.165) is 30.1 Å².